The first kappa shape index (κ1) is 13.9. The summed E-state index contributed by atoms with van der Waals surface area (Å²) in [5.41, 5.74) is 1.01. The highest BCUT2D eigenvalue weighted by atomic mass is 32.2. The van der Waals surface area contributed by atoms with Crippen LogP contribution in [0.3, 0.4) is 0 Å². The van der Waals surface area contributed by atoms with Gasteiger partial charge in [0.15, 0.2) is 0 Å². The fourth-order valence-corrected chi connectivity index (χ4v) is 3.43. The molecule has 2 rings (SSSR count). The standard InChI is InChI=1S/C14H17NO3S/c1-2-5-11(14(17)18)15-13(16)10-8-19-12-7-4-3-6-9(10)12/h3-4,6-7,10-11H,2,5,8H2,1H3,(H,15,16)(H,17,18)/t10?,11-/m1/s1. The van der Waals surface area contributed by atoms with E-state index in [1.807, 2.05) is 31.2 Å². The highest BCUT2D eigenvalue weighted by Crippen LogP contribution is 2.39. The molecule has 4 nitrogen and oxygen atoms in total. The maximum Gasteiger partial charge on any atom is 0.326 e. The summed E-state index contributed by atoms with van der Waals surface area (Å²) in [6, 6.07) is 7.01. The molecule has 0 saturated carbocycles. The van der Waals surface area contributed by atoms with Crippen LogP contribution in [0.5, 0.6) is 0 Å². The molecular formula is C14H17NO3S. The Labute approximate surface area is 116 Å². The monoisotopic (exact) mass is 279 g/mol. The van der Waals surface area contributed by atoms with Crippen LogP contribution in [0.15, 0.2) is 29.2 Å². The molecular weight excluding hydrogens is 262 g/mol. The molecule has 2 atom stereocenters. The summed E-state index contributed by atoms with van der Waals surface area (Å²) in [4.78, 5) is 24.4. The third-order valence-corrected chi connectivity index (χ3v) is 4.39. The molecule has 1 aromatic carbocycles. The smallest absolute Gasteiger partial charge is 0.326 e. The van der Waals surface area contributed by atoms with Crippen molar-refractivity contribution >= 4 is 23.6 Å². The van der Waals surface area contributed by atoms with Gasteiger partial charge in [-0.3, -0.25) is 4.79 Å². The third-order valence-electron chi connectivity index (χ3n) is 3.21. The number of carbonyl (C=O) groups is 2. The van der Waals surface area contributed by atoms with Crippen LogP contribution < -0.4 is 5.32 Å². The lowest BCUT2D eigenvalue weighted by atomic mass is 10.00. The summed E-state index contributed by atoms with van der Waals surface area (Å²) >= 11 is 1.64. The SMILES string of the molecule is CCC[C@@H](NC(=O)C1CSc2ccccc21)C(=O)O. The number of carboxylic acids is 1. The molecule has 0 aliphatic carbocycles. The Morgan fingerprint density at radius 3 is 2.89 bits per heavy atom. The number of amides is 1. The van der Waals surface area contributed by atoms with Crippen LogP contribution in [-0.2, 0) is 9.59 Å². The normalized spacial score (nSPS) is 18.7. The number of carbonyl (C=O) groups excluding carboxylic acids is 1. The van der Waals surface area contributed by atoms with Gasteiger partial charge in [0.05, 0.1) is 5.92 Å². The third kappa shape index (κ3) is 3.10. The van der Waals surface area contributed by atoms with Crippen LogP contribution in [0, 0.1) is 0 Å². The molecule has 1 aliphatic rings. The van der Waals surface area contributed by atoms with E-state index < -0.39 is 12.0 Å². The van der Waals surface area contributed by atoms with E-state index in [2.05, 4.69) is 5.32 Å². The molecule has 1 unspecified atom stereocenters. The summed E-state index contributed by atoms with van der Waals surface area (Å²) < 4.78 is 0. The Morgan fingerprint density at radius 1 is 1.47 bits per heavy atom. The van der Waals surface area contributed by atoms with E-state index >= 15 is 0 Å². The summed E-state index contributed by atoms with van der Waals surface area (Å²) in [5, 5.41) is 11.7. The van der Waals surface area contributed by atoms with Gasteiger partial charge in [0.1, 0.15) is 6.04 Å². The summed E-state index contributed by atoms with van der Waals surface area (Å²) in [6.45, 7) is 1.91. The van der Waals surface area contributed by atoms with Crippen LogP contribution in [0.1, 0.15) is 31.2 Å². The van der Waals surface area contributed by atoms with Crippen LogP contribution in [0.2, 0.25) is 0 Å². The van der Waals surface area contributed by atoms with Crippen LogP contribution in [-0.4, -0.2) is 28.8 Å². The maximum absolute atomic E-state index is 12.2. The zero-order valence-electron chi connectivity index (χ0n) is 10.8. The van der Waals surface area contributed by atoms with E-state index in [0.29, 0.717) is 12.2 Å². The molecule has 0 saturated heterocycles. The van der Waals surface area contributed by atoms with E-state index in [4.69, 9.17) is 5.11 Å². The topological polar surface area (TPSA) is 66.4 Å². The highest BCUT2D eigenvalue weighted by Gasteiger charge is 2.31. The number of fused-ring (bicyclic) bond motifs is 1. The summed E-state index contributed by atoms with van der Waals surface area (Å²) in [5.74, 6) is -0.698. The van der Waals surface area contributed by atoms with E-state index in [1.165, 1.54) is 0 Å². The van der Waals surface area contributed by atoms with E-state index in [9.17, 15) is 9.59 Å². The average molecular weight is 279 g/mol. The zero-order chi connectivity index (χ0) is 13.8. The molecule has 5 heteroatoms. The minimum absolute atomic E-state index is 0.182. The van der Waals surface area contributed by atoms with Gasteiger partial charge in [-0.05, 0) is 18.1 Å². The molecule has 1 heterocycles. The highest BCUT2D eigenvalue weighted by molar-refractivity contribution is 7.99. The minimum atomic E-state index is -0.964. The lowest BCUT2D eigenvalue weighted by molar-refractivity contribution is -0.142. The Balaban J connectivity index is 2.07. The van der Waals surface area contributed by atoms with Crippen molar-refractivity contribution in [1.82, 2.24) is 5.32 Å². The van der Waals surface area contributed by atoms with Gasteiger partial charge >= 0.3 is 5.97 Å². The van der Waals surface area contributed by atoms with Gasteiger partial charge in [-0.15, -0.1) is 11.8 Å². The van der Waals surface area contributed by atoms with Crippen LogP contribution in [0.25, 0.3) is 0 Å². The average Bonchev–Trinajstić information content (AvgIpc) is 2.81. The lowest BCUT2D eigenvalue weighted by Gasteiger charge is -2.17. The second-order valence-corrected chi connectivity index (χ2v) is 5.65. The van der Waals surface area contributed by atoms with Crippen molar-refractivity contribution < 1.29 is 14.7 Å². The van der Waals surface area contributed by atoms with Crippen molar-refractivity contribution in [3.8, 4) is 0 Å². The Kier molecular flexibility index (Phi) is 4.47. The molecule has 0 radical (unpaired) electrons. The number of thioether (sulfide) groups is 1. The van der Waals surface area contributed by atoms with Crippen LogP contribution in [0.4, 0.5) is 0 Å². The van der Waals surface area contributed by atoms with Crippen molar-refractivity contribution in [1.29, 1.82) is 0 Å². The van der Waals surface area contributed by atoms with Crippen LogP contribution >= 0.6 is 11.8 Å². The Morgan fingerprint density at radius 2 is 2.21 bits per heavy atom. The lowest BCUT2D eigenvalue weighted by Crippen LogP contribution is -2.43. The molecule has 0 spiro atoms. The molecule has 1 aromatic rings. The molecule has 102 valence electrons. The largest absolute Gasteiger partial charge is 0.480 e. The zero-order valence-corrected chi connectivity index (χ0v) is 11.6. The molecule has 0 fully saturated rings. The number of hydrogen-bond acceptors (Lipinski definition) is 3. The van der Waals surface area contributed by atoms with Gasteiger partial charge in [0, 0.05) is 10.6 Å². The fraction of sp³-hybridized carbons (Fsp3) is 0.429. The number of nitrogens with one attached hydrogen (secondary N) is 1. The van der Waals surface area contributed by atoms with Gasteiger partial charge < -0.3 is 10.4 Å². The predicted molar refractivity (Wildman–Crippen MR) is 74.4 cm³/mol. The predicted octanol–water partition coefficient (Wildman–Crippen LogP) is 2.25. The molecule has 19 heavy (non-hydrogen) atoms. The second kappa shape index (κ2) is 6.10. The van der Waals surface area contributed by atoms with Crippen molar-refractivity contribution in [2.45, 2.75) is 36.6 Å². The Bertz CT molecular complexity index is 489. The first-order valence-corrected chi connectivity index (χ1v) is 7.37. The van der Waals surface area contributed by atoms with E-state index in [-0.39, 0.29) is 11.8 Å². The molecule has 2 N–H and O–H groups in total. The number of benzene rings is 1. The van der Waals surface area contributed by atoms with Crippen molar-refractivity contribution in [3.05, 3.63) is 29.8 Å². The number of rotatable bonds is 5. The quantitative estimate of drug-likeness (QED) is 0.867. The fourth-order valence-electron chi connectivity index (χ4n) is 2.20. The van der Waals surface area contributed by atoms with Crippen molar-refractivity contribution in [2.75, 3.05) is 5.75 Å². The minimum Gasteiger partial charge on any atom is -0.480 e. The molecule has 0 aromatic heterocycles. The van der Waals surface area contributed by atoms with Gasteiger partial charge in [-0.25, -0.2) is 4.79 Å². The van der Waals surface area contributed by atoms with Crippen molar-refractivity contribution in [2.24, 2.45) is 0 Å². The summed E-state index contributed by atoms with van der Waals surface area (Å²) in [6.07, 6.45) is 1.19. The molecule has 1 amide bonds. The van der Waals surface area contributed by atoms with Gasteiger partial charge in [-0.1, -0.05) is 31.5 Å². The number of hydrogen-bond donors (Lipinski definition) is 2. The molecule has 0 bridgehead atoms. The molecule has 1 aliphatic heterocycles. The van der Waals surface area contributed by atoms with Gasteiger partial charge in [0.25, 0.3) is 0 Å². The van der Waals surface area contributed by atoms with Crippen molar-refractivity contribution in [3.63, 3.8) is 0 Å². The first-order valence-electron chi connectivity index (χ1n) is 6.38. The van der Waals surface area contributed by atoms with Gasteiger partial charge in [0.2, 0.25) is 5.91 Å². The second-order valence-electron chi connectivity index (χ2n) is 4.59. The first-order chi connectivity index (χ1) is 9.13. The number of aliphatic carboxylic acids is 1. The van der Waals surface area contributed by atoms with E-state index in [1.54, 1.807) is 11.8 Å². The Hall–Kier alpha value is -1.49. The van der Waals surface area contributed by atoms with Gasteiger partial charge in [-0.2, -0.15) is 0 Å². The maximum atomic E-state index is 12.2. The van der Waals surface area contributed by atoms with E-state index in [0.717, 1.165) is 16.9 Å². The summed E-state index contributed by atoms with van der Waals surface area (Å²) in [7, 11) is 0. The number of carboxylic acid groups (broad SMARTS) is 1.